The third-order valence-corrected chi connectivity index (χ3v) is 11.0. The monoisotopic (exact) mass is 836 g/mol. The molecule has 0 aliphatic carbocycles. The highest BCUT2D eigenvalue weighted by Gasteiger charge is 2.31. The summed E-state index contributed by atoms with van der Waals surface area (Å²) in [4.78, 5) is 65.5. The molecule has 4 rings (SSSR count). The van der Waals surface area contributed by atoms with Crippen LogP contribution in [0.1, 0.15) is 96.8 Å². The van der Waals surface area contributed by atoms with Crippen LogP contribution in [0.15, 0.2) is 62.5 Å². The number of carbonyl (C=O) groups excluding carboxylic acids is 4. The molecule has 60 heavy (non-hydrogen) atoms. The van der Waals surface area contributed by atoms with E-state index in [0.29, 0.717) is 67.9 Å². The second kappa shape index (κ2) is 23.7. The Morgan fingerprint density at radius 1 is 0.967 bits per heavy atom. The van der Waals surface area contributed by atoms with Gasteiger partial charge in [0.1, 0.15) is 42.5 Å². The molecule has 328 valence electrons. The summed E-state index contributed by atoms with van der Waals surface area (Å²) in [5.41, 5.74) is 1.07. The van der Waals surface area contributed by atoms with Gasteiger partial charge in [-0.25, -0.2) is 15.0 Å². The number of rotatable bonds is 15. The van der Waals surface area contributed by atoms with E-state index >= 15 is 0 Å². The Bertz CT molecular complexity index is 1910. The van der Waals surface area contributed by atoms with Gasteiger partial charge in [0, 0.05) is 53.3 Å². The van der Waals surface area contributed by atoms with Gasteiger partial charge in [-0.1, -0.05) is 45.9 Å². The number of aliphatic hydroxyl groups is 1. The maximum atomic E-state index is 13.3. The molecule has 1 aliphatic rings. The molecule has 0 aromatic carbocycles. The fraction of sp³-hybridized carbons (Fsp3) is 0.568. The molecule has 0 unspecified atom stereocenters. The molecular formula is C44H60N4O12. The molecule has 16 nitrogen and oxygen atoms in total. The number of carbonyl (C=O) groups is 4. The zero-order valence-corrected chi connectivity index (χ0v) is 35.9. The molecule has 0 saturated carbocycles. The van der Waals surface area contributed by atoms with Crippen molar-refractivity contribution >= 4 is 30.0 Å². The Kier molecular flexibility index (Phi) is 18.8. The molecule has 3 aromatic heterocycles. The number of amides is 1. The minimum absolute atomic E-state index is 0.0431. The standard InChI is InChI=1S/C44H60N4O12/c1-27-13-9-10-17-40-45-33(24-57-40)43-47-34(25-59-43)44-46-32(23-58-44)42(56-8)30(4)35(51)15-11-14-31(50)21-41(53)60-39(27)22-38(55-7)28(2)18-19-36(52)29(3)37(54-6)16-12-20-48(5)26-49/h10-12,15,17,20,23-31,37-39,42,50H,9,13-14,16,18-19,21-22H2,1-8H3/b15-11+,17-10+,20-12+/t27-,28+,29+,30+,31+,37-,38+,39+,42+/m1/s1. The van der Waals surface area contributed by atoms with E-state index in [-0.39, 0.29) is 66.2 Å². The zero-order valence-electron chi connectivity index (χ0n) is 35.9. The molecule has 0 saturated heterocycles. The minimum Gasteiger partial charge on any atom is -0.462 e. The lowest BCUT2D eigenvalue weighted by atomic mass is 9.86. The first kappa shape index (κ1) is 47.6. The van der Waals surface area contributed by atoms with Crippen LogP contribution in [0.4, 0.5) is 0 Å². The summed E-state index contributed by atoms with van der Waals surface area (Å²) in [6, 6.07) is 0. The molecule has 16 heteroatoms. The molecule has 0 radical (unpaired) electrons. The van der Waals surface area contributed by atoms with Crippen molar-refractivity contribution < 1.29 is 56.5 Å². The van der Waals surface area contributed by atoms with Crippen molar-refractivity contribution in [3.8, 4) is 23.2 Å². The number of ether oxygens (including phenoxy) is 4. The zero-order chi connectivity index (χ0) is 43.8. The van der Waals surface area contributed by atoms with Crippen molar-refractivity contribution in [3.05, 3.63) is 60.9 Å². The van der Waals surface area contributed by atoms with Gasteiger partial charge in [0.25, 0.3) is 0 Å². The summed E-state index contributed by atoms with van der Waals surface area (Å²) in [5, 5.41) is 10.8. The van der Waals surface area contributed by atoms with Gasteiger partial charge >= 0.3 is 5.97 Å². The van der Waals surface area contributed by atoms with E-state index in [2.05, 4.69) is 15.0 Å². The van der Waals surface area contributed by atoms with Gasteiger partial charge in [0.2, 0.25) is 24.1 Å². The number of aromatic nitrogens is 3. The number of Topliss-reactive ketones (excluding diaryl/α,β-unsaturated/α-hetero) is 1. The lowest BCUT2D eigenvalue weighted by Gasteiger charge is -2.31. The van der Waals surface area contributed by atoms with Crippen LogP contribution in [-0.2, 0) is 38.1 Å². The van der Waals surface area contributed by atoms with E-state index in [1.54, 1.807) is 46.5 Å². The number of aliphatic hydroxyl groups excluding tert-OH is 1. The minimum atomic E-state index is -1.10. The summed E-state index contributed by atoms with van der Waals surface area (Å²) in [5.74, 6) is -1.32. The van der Waals surface area contributed by atoms with Gasteiger partial charge in [-0.3, -0.25) is 19.2 Å². The van der Waals surface area contributed by atoms with Crippen molar-refractivity contribution in [2.24, 2.45) is 23.7 Å². The van der Waals surface area contributed by atoms with E-state index < -0.39 is 30.2 Å². The number of hydrogen-bond acceptors (Lipinski definition) is 15. The first-order chi connectivity index (χ1) is 28.8. The second-order valence-corrected chi connectivity index (χ2v) is 15.5. The number of oxazole rings is 3. The Balaban J connectivity index is 1.48. The highest BCUT2D eigenvalue weighted by atomic mass is 16.5. The lowest BCUT2D eigenvalue weighted by molar-refractivity contribution is -0.156. The normalized spacial score (nSPS) is 24.1. The van der Waals surface area contributed by atoms with Gasteiger partial charge < -0.3 is 42.2 Å². The van der Waals surface area contributed by atoms with Crippen LogP contribution >= 0.6 is 0 Å². The number of methoxy groups -OCH3 is 3. The van der Waals surface area contributed by atoms with Gasteiger partial charge in [0.05, 0.1) is 30.7 Å². The predicted octanol–water partition coefficient (Wildman–Crippen LogP) is 6.96. The van der Waals surface area contributed by atoms with Gasteiger partial charge in [-0.2, -0.15) is 0 Å². The van der Waals surface area contributed by atoms with Crippen LogP contribution in [0.2, 0.25) is 0 Å². The molecule has 3 aromatic rings. The van der Waals surface area contributed by atoms with Gasteiger partial charge in [-0.05, 0) is 56.1 Å². The predicted molar refractivity (Wildman–Crippen MR) is 219 cm³/mol. The average molecular weight is 837 g/mol. The number of cyclic esters (lactones) is 1. The fourth-order valence-corrected chi connectivity index (χ4v) is 7.01. The second-order valence-electron chi connectivity index (χ2n) is 15.5. The number of esters is 1. The first-order valence-electron chi connectivity index (χ1n) is 20.3. The molecule has 0 fully saturated rings. The number of ketones is 2. The number of hydrogen-bond donors (Lipinski definition) is 1. The van der Waals surface area contributed by atoms with Crippen molar-refractivity contribution in [2.45, 2.75) is 110 Å². The molecule has 1 N–H and O–H groups in total. The summed E-state index contributed by atoms with van der Waals surface area (Å²) >= 11 is 0. The van der Waals surface area contributed by atoms with Crippen LogP contribution in [0.5, 0.6) is 0 Å². The highest BCUT2D eigenvalue weighted by Crippen LogP contribution is 2.31. The summed E-state index contributed by atoms with van der Waals surface area (Å²) in [7, 11) is 6.27. The topological polar surface area (TPSA) is 207 Å². The van der Waals surface area contributed by atoms with Crippen molar-refractivity contribution in [3.63, 3.8) is 0 Å². The van der Waals surface area contributed by atoms with Crippen molar-refractivity contribution in [1.82, 2.24) is 19.9 Å². The smallest absolute Gasteiger partial charge is 0.308 e. The maximum Gasteiger partial charge on any atom is 0.308 e. The fourth-order valence-electron chi connectivity index (χ4n) is 7.01. The number of fused-ring (bicyclic) bond motifs is 8. The Morgan fingerprint density at radius 2 is 1.67 bits per heavy atom. The van der Waals surface area contributed by atoms with E-state index in [0.717, 1.165) is 0 Å². The van der Waals surface area contributed by atoms with E-state index in [9.17, 15) is 24.3 Å². The van der Waals surface area contributed by atoms with E-state index in [1.807, 2.05) is 26.8 Å². The molecule has 4 heterocycles. The maximum absolute atomic E-state index is 13.3. The van der Waals surface area contributed by atoms with E-state index in [1.165, 1.54) is 43.0 Å². The molecule has 0 spiro atoms. The SMILES string of the molecule is CO[C@@H](C[C@@H]1OC(=O)C[C@@H](O)C/C=C/C(=O)[C@H](C)[C@H](OC)c2coc(n2)-c2coc(n2)-c2coc(n2)/C=C/CC[C@H]1C)[C@@H](C)CCC(=O)[C@H](C)[C@@H](C/C=C/N(C)C=O)OC. The van der Waals surface area contributed by atoms with Crippen LogP contribution in [0.3, 0.4) is 0 Å². The largest absolute Gasteiger partial charge is 0.462 e. The molecule has 6 bridgehead atoms. The summed E-state index contributed by atoms with van der Waals surface area (Å²) in [6.45, 7) is 7.54. The molecule has 1 aliphatic heterocycles. The summed E-state index contributed by atoms with van der Waals surface area (Å²) < 4.78 is 40.2. The van der Waals surface area contributed by atoms with Crippen molar-refractivity contribution in [2.75, 3.05) is 28.4 Å². The van der Waals surface area contributed by atoms with Gasteiger partial charge in [0.15, 0.2) is 17.2 Å². The van der Waals surface area contributed by atoms with Crippen LogP contribution in [0.25, 0.3) is 29.2 Å². The Morgan fingerprint density at radius 3 is 2.38 bits per heavy atom. The quantitative estimate of drug-likeness (QED) is 0.121. The first-order valence-corrected chi connectivity index (χ1v) is 20.3. The van der Waals surface area contributed by atoms with Crippen LogP contribution < -0.4 is 0 Å². The number of allylic oxidation sites excluding steroid dienone is 2. The van der Waals surface area contributed by atoms with Crippen LogP contribution in [-0.4, -0.2) is 102 Å². The molecule has 1 amide bonds. The van der Waals surface area contributed by atoms with Crippen LogP contribution in [0, 0.1) is 23.7 Å². The molecular weight excluding hydrogens is 776 g/mol. The third-order valence-electron chi connectivity index (χ3n) is 11.0. The van der Waals surface area contributed by atoms with E-state index in [4.69, 9.17) is 32.2 Å². The average Bonchev–Trinajstić information content (AvgIpc) is 4.03. The van der Waals surface area contributed by atoms with Crippen molar-refractivity contribution in [1.29, 1.82) is 0 Å². The Labute approximate surface area is 351 Å². The third kappa shape index (κ3) is 13.8. The lowest BCUT2D eigenvalue weighted by Crippen LogP contribution is -2.34. The van der Waals surface area contributed by atoms with Gasteiger partial charge in [-0.15, -0.1) is 0 Å². The molecule has 9 atom stereocenters. The highest BCUT2D eigenvalue weighted by molar-refractivity contribution is 5.92. The summed E-state index contributed by atoms with van der Waals surface area (Å²) in [6.07, 6.45) is 14.5. The number of nitrogens with zero attached hydrogens (tertiary/aromatic N) is 4. The Hall–Kier alpha value is -5.03.